The summed E-state index contributed by atoms with van der Waals surface area (Å²) in [5.74, 6) is 0.281. The molecule has 0 bridgehead atoms. The topological polar surface area (TPSA) is 51.4 Å². The second-order valence-corrected chi connectivity index (χ2v) is 6.97. The van der Waals surface area contributed by atoms with Crippen LogP contribution in [0.4, 0.5) is 0 Å². The Labute approximate surface area is 113 Å². The van der Waals surface area contributed by atoms with E-state index in [2.05, 4.69) is 13.8 Å². The lowest BCUT2D eigenvalue weighted by Crippen LogP contribution is -2.41. The van der Waals surface area contributed by atoms with Crippen LogP contribution in [0.2, 0.25) is 0 Å². The van der Waals surface area contributed by atoms with Gasteiger partial charge in [0.1, 0.15) is 11.7 Å². The Hall–Kier alpha value is -0.610. The Balaban J connectivity index is 1.44. The SMILES string of the molecule is CC1CC2OC2CC1OC(=O)C12CCCCC1(C)O2. The fraction of sp³-hybridized carbons (Fsp3) is 0.933. The van der Waals surface area contributed by atoms with E-state index >= 15 is 0 Å². The number of esters is 1. The normalized spacial score (nSPS) is 54.8. The average Bonchev–Trinajstić information content (AvgIpc) is 3.22. The molecule has 4 nitrogen and oxygen atoms in total. The monoisotopic (exact) mass is 266 g/mol. The molecule has 0 N–H and O–H groups in total. The van der Waals surface area contributed by atoms with Crippen molar-refractivity contribution >= 4 is 5.97 Å². The van der Waals surface area contributed by atoms with E-state index in [1.165, 1.54) is 0 Å². The van der Waals surface area contributed by atoms with Gasteiger partial charge in [-0.15, -0.1) is 0 Å². The van der Waals surface area contributed by atoms with Gasteiger partial charge in [0.2, 0.25) is 0 Å². The third-order valence-corrected chi connectivity index (χ3v) is 5.62. The van der Waals surface area contributed by atoms with E-state index in [4.69, 9.17) is 14.2 Å². The van der Waals surface area contributed by atoms with Crippen molar-refractivity contribution in [1.82, 2.24) is 0 Å². The van der Waals surface area contributed by atoms with Gasteiger partial charge in [0, 0.05) is 6.42 Å². The Morgan fingerprint density at radius 1 is 1.21 bits per heavy atom. The molecule has 2 aliphatic carbocycles. The Morgan fingerprint density at radius 3 is 2.74 bits per heavy atom. The summed E-state index contributed by atoms with van der Waals surface area (Å²) in [5.41, 5.74) is -0.870. The van der Waals surface area contributed by atoms with Crippen LogP contribution in [0.15, 0.2) is 0 Å². The lowest BCUT2D eigenvalue weighted by Gasteiger charge is -2.29. The molecule has 2 heterocycles. The first-order valence-electron chi connectivity index (χ1n) is 7.61. The van der Waals surface area contributed by atoms with Crippen LogP contribution in [-0.4, -0.2) is 35.5 Å². The number of rotatable bonds is 2. The van der Waals surface area contributed by atoms with Gasteiger partial charge in [0.25, 0.3) is 0 Å². The van der Waals surface area contributed by atoms with Gasteiger partial charge in [-0.25, -0.2) is 4.79 Å². The zero-order chi connectivity index (χ0) is 13.3. The number of epoxide rings is 2. The van der Waals surface area contributed by atoms with E-state index in [9.17, 15) is 4.79 Å². The minimum atomic E-state index is -0.619. The third kappa shape index (κ3) is 1.69. The van der Waals surface area contributed by atoms with Gasteiger partial charge in [-0.05, 0) is 38.5 Å². The lowest BCUT2D eigenvalue weighted by molar-refractivity contribution is -0.160. The Morgan fingerprint density at radius 2 is 1.95 bits per heavy atom. The maximum Gasteiger partial charge on any atom is 0.341 e. The van der Waals surface area contributed by atoms with Gasteiger partial charge < -0.3 is 14.2 Å². The number of carbonyl (C=O) groups excluding carboxylic acids is 1. The molecule has 2 saturated carbocycles. The first kappa shape index (κ1) is 12.2. The summed E-state index contributed by atoms with van der Waals surface area (Å²) >= 11 is 0. The van der Waals surface area contributed by atoms with Crippen LogP contribution in [0, 0.1) is 5.92 Å². The molecule has 0 aromatic rings. The fourth-order valence-electron chi connectivity index (χ4n) is 4.09. The van der Waals surface area contributed by atoms with Crippen LogP contribution >= 0.6 is 0 Å². The van der Waals surface area contributed by atoms with Gasteiger partial charge in [0.05, 0.1) is 12.2 Å². The maximum atomic E-state index is 12.5. The van der Waals surface area contributed by atoms with Crippen LogP contribution in [0.25, 0.3) is 0 Å². The van der Waals surface area contributed by atoms with E-state index in [0.29, 0.717) is 18.1 Å². The van der Waals surface area contributed by atoms with Gasteiger partial charge in [0.15, 0.2) is 5.60 Å². The summed E-state index contributed by atoms with van der Waals surface area (Å²) < 4.78 is 17.2. The number of ether oxygens (including phenoxy) is 3. The van der Waals surface area contributed by atoms with Crippen molar-refractivity contribution in [2.45, 2.75) is 81.9 Å². The Bertz CT molecular complexity index is 418. The van der Waals surface area contributed by atoms with Gasteiger partial charge in [-0.3, -0.25) is 0 Å². The van der Waals surface area contributed by atoms with Crippen molar-refractivity contribution in [3.05, 3.63) is 0 Å². The highest BCUT2D eigenvalue weighted by Gasteiger charge is 2.73. The zero-order valence-electron chi connectivity index (χ0n) is 11.7. The van der Waals surface area contributed by atoms with Crippen LogP contribution in [0.1, 0.15) is 52.4 Å². The second kappa shape index (κ2) is 3.73. The maximum absolute atomic E-state index is 12.5. The molecule has 106 valence electrons. The Kier molecular flexibility index (Phi) is 2.39. The van der Waals surface area contributed by atoms with Crippen molar-refractivity contribution in [2.75, 3.05) is 0 Å². The van der Waals surface area contributed by atoms with Crippen LogP contribution < -0.4 is 0 Å². The molecule has 0 amide bonds. The largest absolute Gasteiger partial charge is 0.460 e. The molecule has 0 aromatic carbocycles. The van der Waals surface area contributed by atoms with Gasteiger partial charge >= 0.3 is 5.97 Å². The molecule has 4 aliphatic rings. The molecule has 2 aliphatic heterocycles. The highest BCUT2D eigenvalue weighted by atomic mass is 16.7. The van der Waals surface area contributed by atoms with E-state index in [0.717, 1.165) is 38.5 Å². The van der Waals surface area contributed by atoms with Crippen molar-refractivity contribution in [3.63, 3.8) is 0 Å². The van der Waals surface area contributed by atoms with E-state index in [-0.39, 0.29) is 17.7 Å². The van der Waals surface area contributed by atoms with E-state index < -0.39 is 5.60 Å². The molecule has 19 heavy (non-hydrogen) atoms. The van der Waals surface area contributed by atoms with E-state index in [1.807, 2.05) is 0 Å². The van der Waals surface area contributed by atoms with Gasteiger partial charge in [-0.1, -0.05) is 13.3 Å². The standard InChI is InChI=1S/C15H22O4/c1-9-7-11-12(17-11)8-10(9)18-13(16)15-6-4-3-5-14(15,2)19-15/h9-12H,3-8H2,1-2H3. The predicted molar refractivity (Wildman–Crippen MR) is 67.6 cm³/mol. The minimum Gasteiger partial charge on any atom is -0.460 e. The molecule has 0 radical (unpaired) electrons. The summed E-state index contributed by atoms with van der Waals surface area (Å²) in [6, 6.07) is 0. The molecule has 2 saturated heterocycles. The molecule has 6 atom stereocenters. The summed E-state index contributed by atoms with van der Waals surface area (Å²) in [4.78, 5) is 12.5. The smallest absolute Gasteiger partial charge is 0.341 e. The second-order valence-electron chi connectivity index (χ2n) is 6.97. The van der Waals surface area contributed by atoms with Crippen LogP contribution in [-0.2, 0) is 19.0 Å². The molecule has 6 unspecified atom stereocenters. The number of carbonyl (C=O) groups is 1. The quantitative estimate of drug-likeness (QED) is 0.568. The minimum absolute atomic E-state index is 0.0148. The molecular formula is C15H22O4. The van der Waals surface area contributed by atoms with Crippen molar-refractivity contribution in [1.29, 1.82) is 0 Å². The number of hydrogen-bond donors (Lipinski definition) is 0. The highest BCUT2D eigenvalue weighted by molar-refractivity contribution is 5.85. The first-order valence-corrected chi connectivity index (χ1v) is 7.61. The van der Waals surface area contributed by atoms with E-state index in [1.54, 1.807) is 0 Å². The number of hydrogen-bond acceptors (Lipinski definition) is 4. The third-order valence-electron chi connectivity index (χ3n) is 5.62. The fourth-order valence-corrected chi connectivity index (χ4v) is 4.09. The number of fused-ring (bicyclic) bond motifs is 2. The van der Waals surface area contributed by atoms with Crippen LogP contribution in [0.3, 0.4) is 0 Å². The summed E-state index contributed by atoms with van der Waals surface area (Å²) in [6.45, 7) is 4.21. The van der Waals surface area contributed by atoms with Crippen LogP contribution in [0.5, 0.6) is 0 Å². The summed E-state index contributed by atoms with van der Waals surface area (Å²) in [5, 5.41) is 0. The van der Waals surface area contributed by atoms with Gasteiger partial charge in [-0.2, -0.15) is 0 Å². The molecule has 0 spiro atoms. The molecule has 4 rings (SSSR count). The zero-order valence-corrected chi connectivity index (χ0v) is 11.7. The molecule has 0 aromatic heterocycles. The predicted octanol–water partition coefficient (Wildman–Crippen LogP) is 2.20. The molecular weight excluding hydrogens is 244 g/mol. The summed E-state index contributed by atoms with van der Waals surface area (Å²) in [7, 11) is 0. The highest BCUT2D eigenvalue weighted by Crippen LogP contribution is 2.58. The lowest BCUT2D eigenvalue weighted by atomic mass is 9.80. The molecule has 4 fully saturated rings. The summed E-state index contributed by atoms with van der Waals surface area (Å²) in [6.07, 6.45) is 6.70. The van der Waals surface area contributed by atoms with Crippen molar-refractivity contribution in [2.24, 2.45) is 5.92 Å². The molecule has 4 heteroatoms. The van der Waals surface area contributed by atoms with Crippen molar-refractivity contribution in [3.8, 4) is 0 Å². The van der Waals surface area contributed by atoms with Crippen molar-refractivity contribution < 1.29 is 19.0 Å². The first-order chi connectivity index (χ1) is 9.04. The average molecular weight is 266 g/mol.